The van der Waals surface area contributed by atoms with E-state index in [2.05, 4.69) is 0 Å². The molecule has 0 heterocycles. The number of hydrogen-bond donors (Lipinski definition) is 0. The summed E-state index contributed by atoms with van der Waals surface area (Å²) >= 11 is 0. The molecule has 1 rings (SSSR count). The van der Waals surface area contributed by atoms with Gasteiger partial charge in [-0.1, -0.05) is 64.1 Å². The topological polar surface area (TPSA) is 0 Å². The molecule has 0 amide bonds. The molecular formula is C14H30Y10-4. The van der Waals surface area contributed by atoms with Gasteiger partial charge < -0.3 is 29.7 Å². The molecule has 0 aliphatic heterocycles. The van der Waals surface area contributed by atoms with E-state index in [0.29, 0.717) is 0 Å². The molecule has 120 valence electrons. The van der Waals surface area contributed by atoms with Gasteiger partial charge in [-0.25, -0.2) is 0 Å². The third-order valence-electron chi connectivity index (χ3n) is 0.667. The number of hydrogen-bond acceptors (Lipinski definition) is 0. The van der Waals surface area contributed by atoms with Gasteiger partial charge in [0.05, 0.1) is 0 Å². The van der Waals surface area contributed by atoms with Gasteiger partial charge in [-0.3, -0.25) is 0 Å². The van der Waals surface area contributed by atoms with Crippen LogP contribution in [0, 0.1) is 29.7 Å². The van der Waals surface area contributed by atoms with Gasteiger partial charge in [0, 0.05) is 327 Å². The second-order valence-corrected chi connectivity index (χ2v) is 1.15. The largest absolute Gasteiger partial charge is 0.358 e. The summed E-state index contributed by atoms with van der Waals surface area (Å²) in [6.07, 6.45) is 0. The van der Waals surface area contributed by atoms with Crippen LogP contribution in [0.3, 0.4) is 0 Å². The fourth-order valence-electron chi connectivity index (χ4n) is 0.385. The molecule has 0 spiro atoms. The van der Waals surface area contributed by atoms with Crippen molar-refractivity contribution in [1.29, 1.82) is 0 Å². The van der Waals surface area contributed by atoms with Gasteiger partial charge in [0.15, 0.2) is 0 Å². The molecule has 0 bridgehead atoms. The maximum absolute atomic E-state index is 2.00. The Morgan fingerprint density at radius 1 is 0.250 bits per heavy atom. The van der Waals surface area contributed by atoms with Crippen molar-refractivity contribution >= 4 is 0 Å². The Morgan fingerprint density at radius 3 is 0.333 bits per heavy atom. The van der Waals surface area contributed by atoms with Gasteiger partial charge in [-0.05, 0) is 0 Å². The Bertz CT molecular complexity index is 95.5. The zero-order valence-corrected chi connectivity index (χ0v) is 45.6. The zero-order valence-electron chi connectivity index (χ0n) is 17.2. The molecule has 0 fully saturated rings. The van der Waals surface area contributed by atoms with Crippen molar-refractivity contribution in [2.45, 2.75) is 27.7 Å². The number of benzene rings is 1. The maximum Gasteiger partial charge on any atom is 0 e. The maximum atomic E-state index is 2.00. The Hall–Kier alpha value is 10.3. The normalized spacial score (nSPS) is 2.50. The Morgan fingerprint density at radius 2 is 0.292 bits per heavy atom. The Balaban J connectivity index is -0.00000000242. The van der Waals surface area contributed by atoms with Crippen LogP contribution in [0.5, 0.6) is 0 Å². The average molecular weight is 1090 g/mol. The summed E-state index contributed by atoms with van der Waals surface area (Å²) in [6.45, 7) is 8.00. The van der Waals surface area contributed by atoms with Crippen LogP contribution < -0.4 is 0 Å². The molecule has 0 aromatic heterocycles. The molecule has 24 heavy (non-hydrogen) atoms. The van der Waals surface area contributed by atoms with Crippen LogP contribution in [0.2, 0.25) is 0 Å². The second kappa shape index (κ2) is 131. The van der Waals surface area contributed by atoms with E-state index in [9.17, 15) is 0 Å². The third kappa shape index (κ3) is 119. The van der Waals surface area contributed by atoms with Crippen molar-refractivity contribution in [3.8, 4) is 0 Å². The fourth-order valence-corrected chi connectivity index (χ4v) is 0.385. The van der Waals surface area contributed by atoms with E-state index in [0.717, 1.165) is 0 Å². The first-order chi connectivity index (χ1) is 5.00. The SMILES string of the molecule is CC.CC.[CH3-].[CH3-].[CH3-].[CH3-].[Y].[Y].[Y].[Y].[Y].[Y].[Y].[Y].[Y].[Y].c1ccccc1. The number of rotatable bonds is 0. The third-order valence-corrected chi connectivity index (χ3v) is 0.667. The van der Waals surface area contributed by atoms with Gasteiger partial charge in [0.1, 0.15) is 0 Å². The molecule has 10 radical (unpaired) electrons. The van der Waals surface area contributed by atoms with E-state index >= 15 is 0 Å². The molecule has 0 N–H and O–H groups in total. The van der Waals surface area contributed by atoms with E-state index in [1.807, 2.05) is 64.1 Å². The summed E-state index contributed by atoms with van der Waals surface area (Å²) in [6, 6.07) is 12.0. The van der Waals surface area contributed by atoms with Crippen molar-refractivity contribution in [3.63, 3.8) is 0 Å². The standard InChI is InChI=1S/C6H6.2C2H6.4CH3.10Y/c1-2-4-6-5-3-1;2*1-2;;;;;;;;;;;;;;/h1-6H;2*1-2H3;4*1H3;;;;;;;;;;/q;;;4*-1;;;;;;;;;;. The van der Waals surface area contributed by atoms with Crippen LogP contribution in [0.25, 0.3) is 0 Å². The Kier molecular flexibility index (Phi) is 620. The quantitative estimate of drug-likeness (QED) is 0.301. The van der Waals surface area contributed by atoms with Crippen LogP contribution in [-0.4, -0.2) is 0 Å². The van der Waals surface area contributed by atoms with Crippen molar-refractivity contribution < 1.29 is 327 Å². The minimum Gasteiger partial charge on any atom is -0.358 e. The summed E-state index contributed by atoms with van der Waals surface area (Å²) in [5.41, 5.74) is 0. The molecule has 0 saturated carbocycles. The van der Waals surface area contributed by atoms with Crippen molar-refractivity contribution in [3.05, 3.63) is 66.1 Å². The van der Waals surface area contributed by atoms with Crippen LogP contribution in [0.4, 0.5) is 0 Å². The van der Waals surface area contributed by atoms with Crippen LogP contribution in [-0.2, 0) is 327 Å². The van der Waals surface area contributed by atoms with E-state index in [4.69, 9.17) is 0 Å². The molecule has 0 aliphatic rings. The first-order valence-corrected chi connectivity index (χ1v) is 4.00. The van der Waals surface area contributed by atoms with Crippen molar-refractivity contribution in [2.24, 2.45) is 0 Å². The molecule has 1 aromatic rings. The first-order valence-electron chi connectivity index (χ1n) is 4.00. The second-order valence-electron chi connectivity index (χ2n) is 1.15. The predicted octanol–water partition coefficient (Wildman–Crippen LogP) is 5.52. The molecule has 0 atom stereocenters. The monoisotopic (exact) mass is 1090 g/mol. The van der Waals surface area contributed by atoms with Crippen LogP contribution in [0.1, 0.15) is 27.7 Å². The van der Waals surface area contributed by atoms with Crippen LogP contribution >= 0.6 is 0 Å². The Labute approximate surface area is 408 Å². The summed E-state index contributed by atoms with van der Waals surface area (Å²) in [5.74, 6) is 0. The summed E-state index contributed by atoms with van der Waals surface area (Å²) in [7, 11) is 0. The molecule has 0 aliphatic carbocycles. The molecule has 0 nitrogen and oxygen atoms in total. The average Bonchev–Trinajstić information content (AvgIpc) is 2.14. The van der Waals surface area contributed by atoms with E-state index in [-0.39, 0.29) is 357 Å². The fraction of sp³-hybridized carbons (Fsp3) is 0.286. The van der Waals surface area contributed by atoms with Gasteiger partial charge >= 0.3 is 0 Å². The van der Waals surface area contributed by atoms with E-state index in [1.54, 1.807) is 0 Å². The smallest absolute Gasteiger partial charge is 0 e. The molecule has 10 heteroatoms. The van der Waals surface area contributed by atoms with E-state index < -0.39 is 0 Å². The summed E-state index contributed by atoms with van der Waals surface area (Å²) < 4.78 is 0. The summed E-state index contributed by atoms with van der Waals surface area (Å²) in [5, 5.41) is 0. The van der Waals surface area contributed by atoms with Crippen molar-refractivity contribution in [1.82, 2.24) is 0 Å². The minimum atomic E-state index is 0. The molecule has 0 unspecified atom stereocenters. The summed E-state index contributed by atoms with van der Waals surface area (Å²) in [4.78, 5) is 0. The predicted molar refractivity (Wildman–Crippen MR) is 74.8 cm³/mol. The van der Waals surface area contributed by atoms with Crippen LogP contribution in [0.15, 0.2) is 36.4 Å². The van der Waals surface area contributed by atoms with E-state index in [1.165, 1.54) is 0 Å². The van der Waals surface area contributed by atoms with Gasteiger partial charge in [0.25, 0.3) is 0 Å². The minimum absolute atomic E-state index is 0. The van der Waals surface area contributed by atoms with Gasteiger partial charge in [0.2, 0.25) is 0 Å². The first kappa shape index (κ1) is 114. The van der Waals surface area contributed by atoms with Gasteiger partial charge in [-0.15, -0.1) is 0 Å². The van der Waals surface area contributed by atoms with Gasteiger partial charge in [-0.2, -0.15) is 0 Å². The van der Waals surface area contributed by atoms with Crippen molar-refractivity contribution in [2.75, 3.05) is 0 Å². The molecule has 1 aromatic carbocycles. The molecular weight excluding hydrogens is 1060 g/mol. The zero-order chi connectivity index (χ0) is 8.24. The molecule has 0 saturated heterocycles.